The van der Waals surface area contributed by atoms with Gasteiger partial charge in [0.2, 0.25) is 5.91 Å². The van der Waals surface area contributed by atoms with Gasteiger partial charge in [0, 0.05) is 24.3 Å². The highest BCUT2D eigenvalue weighted by Gasteiger charge is 2.40. The second-order valence-electron chi connectivity index (χ2n) is 16.7. The minimum atomic E-state index is -0.649. The number of nitrogens with one attached hydrogen (secondary N) is 1. The van der Waals surface area contributed by atoms with Crippen LogP contribution in [0.3, 0.4) is 0 Å². The molecule has 49 heavy (non-hydrogen) atoms. The molecular weight excluding hydrogens is 612 g/mol. The van der Waals surface area contributed by atoms with Crippen molar-refractivity contribution in [2.75, 3.05) is 26.3 Å². The number of rotatable bonds is 8. The number of carbonyl (C=O) groups excluding carboxylic acids is 1. The molecule has 0 saturated carbocycles. The second kappa shape index (κ2) is 16.2. The Kier molecular flexibility index (Phi) is 12.9. The molecule has 1 aromatic carbocycles. The van der Waals surface area contributed by atoms with Crippen LogP contribution >= 0.6 is 0 Å². The molecule has 5 rings (SSSR count). The monoisotopic (exact) mass is 678 g/mol. The first-order valence-corrected chi connectivity index (χ1v) is 18.9. The van der Waals surface area contributed by atoms with E-state index in [9.17, 15) is 15.0 Å². The lowest BCUT2D eigenvalue weighted by atomic mass is 9.71. The lowest BCUT2D eigenvalue weighted by Crippen LogP contribution is -2.55. The van der Waals surface area contributed by atoms with Crippen LogP contribution in [0.5, 0.6) is 11.5 Å². The molecule has 2 fully saturated rings. The summed E-state index contributed by atoms with van der Waals surface area (Å²) in [4.78, 5) is 15.1. The predicted molar refractivity (Wildman–Crippen MR) is 200 cm³/mol. The third-order valence-corrected chi connectivity index (χ3v) is 11.8. The molecule has 2 aliphatic heterocycles. The van der Waals surface area contributed by atoms with E-state index in [0.717, 1.165) is 51.7 Å². The molecular formula is C42H66N2O5. The summed E-state index contributed by atoms with van der Waals surface area (Å²) in [5, 5.41) is 23.2. The number of allylic oxidation sites excluding steroid dienone is 5. The van der Waals surface area contributed by atoms with Crippen molar-refractivity contribution in [1.82, 2.24) is 10.2 Å². The molecule has 7 heteroatoms. The molecule has 0 spiro atoms. The number of nitrogens with zero attached hydrogens (tertiary/aromatic N) is 1. The first-order valence-electron chi connectivity index (χ1n) is 18.9. The Labute approximate surface area is 297 Å². The normalized spacial score (nSPS) is 27.4. The van der Waals surface area contributed by atoms with Crippen LogP contribution in [-0.4, -0.2) is 58.8 Å². The zero-order chi connectivity index (χ0) is 36.0. The fourth-order valence-electron chi connectivity index (χ4n) is 8.68. The van der Waals surface area contributed by atoms with E-state index in [1.807, 2.05) is 11.8 Å². The van der Waals surface area contributed by atoms with Crippen molar-refractivity contribution in [2.45, 2.75) is 151 Å². The number of amides is 1. The molecule has 274 valence electrons. The van der Waals surface area contributed by atoms with Crippen LogP contribution in [0.25, 0.3) is 5.57 Å². The van der Waals surface area contributed by atoms with Crippen molar-refractivity contribution in [3.05, 3.63) is 52.1 Å². The number of ether oxygens (including phenoxy) is 2. The fourth-order valence-corrected chi connectivity index (χ4v) is 8.68. The van der Waals surface area contributed by atoms with Crippen LogP contribution in [0.2, 0.25) is 0 Å². The third-order valence-electron chi connectivity index (χ3n) is 11.8. The Morgan fingerprint density at radius 1 is 0.857 bits per heavy atom. The van der Waals surface area contributed by atoms with Gasteiger partial charge in [0.15, 0.2) is 0 Å². The highest BCUT2D eigenvalue weighted by atomic mass is 16.5. The molecule has 2 atom stereocenters. The summed E-state index contributed by atoms with van der Waals surface area (Å²) >= 11 is 0. The first kappa shape index (κ1) is 39.2. The topological polar surface area (TPSA) is 91.3 Å². The highest BCUT2D eigenvalue weighted by Crippen LogP contribution is 2.45. The molecule has 0 bridgehead atoms. The Morgan fingerprint density at radius 2 is 1.45 bits per heavy atom. The van der Waals surface area contributed by atoms with Gasteiger partial charge in [-0.05, 0) is 147 Å². The molecule has 1 amide bonds. The zero-order valence-corrected chi connectivity index (χ0v) is 32.2. The lowest BCUT2D eigenvalue weighted by molar-refractivity contribution is -0.186. The number of carbonyl (C=O) groups is 1. The quantitative estimate of drug-likeness (QED) is 0.187. The van der Waals surface area contributed by atoms with E-state index in [4.69, 9.17) is 9.47 Å². The Bertz CT molecular complexity index is 1410. The van der Waals surface area contributed by atoms with Gasteiger partial charge >= 0.3 is 0 Å². The lowest BCUT2D eigenvalue weighted by Gasteiger charge is -2.45. The van der Waals surface area contributed by atoms with E-state index in [2.05, 4.69) is 53.8 Å². The summed E-state index contributed by atoms with van der Waals surface area (Å²) in [7, 11) is 0. The highest BCUT2D eigenvalue weighted by molar-refractivity contribution is 5.96. The summed E-state index contributed by atoms with van der Waals surface area (Å²) in [5.41, 5.74) is 7.37. The Hall–Kier alpha value is -2.61. The van der Waals surface area contributed by atoms with E-state index in [1.54, 1.807) is 30.2 Å². The second-order valence-corrected chi connectivity index (χ2v) is 16.7. The summed E-state index contributed by atoms with van der Waals surface area (Å²) in [6.07, 6.45) is 15.1. The van der Waals surface area contributed by atoms with Crippen molar-refractivity contribution >= 4 is 11.5 Å². The molecule has 2 heterocycles. The standard InChI is InChI=1S/C26H37NO4.C16H29NO/c1-18-8-6-12-25(3,4)22(18)11-13-26(5)27(14-7-15-31-26)24(30)16-19(2)21-10-9-20(28)17-23(21)29;1-13-7-5-9-15(2,3)14(13)8-10-16(4)17-11-6-12-18-16/h9-10,16-17,28-29H,6-8,11-15H2,1-5H3;17H,5-12H2,1-4H3/b19-16+;. The summed E-state index contributed by atoms with van der Waals surface area (Å²) in [6, 6.07) is 4.41. The number of hydrogen-bond donors (Lipinski definition) is 3. The van der Waals surface area contributed by atoms with Crippen LogP contribution in [0, 0.1) is 10.8 Å². The molecule has 4 aliphatic rings. The van der Waals surface area contributed by atoms with Gasteiger partial charge in [-0.2, -0.15) is 0 Å². The average molecular weight is 679 g/mol. The number of aromatic hydroxyl groups is 2. The van der Waals surface area contributed by atoms with Crippen molar-refractivity contribution in [3.8, 4) is 11.5 Å². The van der Waals surface area contributed by atoms with Gasteiger partial charge in [-0.25, -0.2) is 0 Å². The minimum Gasteiger partial charge on any atom is -0.508 e. The van der Waals surface area contributed by atoms with Crippen LogP contribution in [-0.2, 0) is 14.3 Å². The van der Waals surface area contributed by atoms with Crippen LogP contribution in [0.1, 0.15) is 145 Å². The fraction of sp³-hybridized carbons (Fsp3) is 0.690. The van der Waals surface area contributed by atoms with Gasteiger partial charge in [-0.3, -0.25) is 10.1 Å². The van der Waals surface area contributed by atoms with Gasteiger partial charge < -0.3 is 24.6 Å². The molecule has 2 aliphatic carbocycles. The Balaban J connectivity index is 0.000000254. The number of hydrogen-bond acceptors (Lipinski definition) is 6. The van der Waals surface area contributed by atoms with Crippen LogP contribution < -0.4 is 5.32 Å². The maximum atomic E-state index is 13.2. The summed E-state index contributed by atoms with van der Waals surface area (Å²) in [5.74, 6) is -0.158. The van der Waals surface area contributed by atoms with Crippen molar-refractivity contribution in [2.24, 2.45) is 10.8 Å². The maximum absolute atomic E-state index is 13.2. The van der Waals surface area contributed by atoms with Gasteiger partial charge in [-0.15, -0.1) is 0 Å². The summed E-state index contributed by atoms with van der Waals surface area (Å²) in [6.45, 7) is 23.4. The van der Waals surface area contributed by atoms with Gasteiger partial charge in [0.1, 0.15) is 22.9 Å². The van der Waals surface area contributed by atoms with Gasteiger partial charge in [-0.1, -0.05) is 50.0 Å². The number of phenols is 2. The number of phenolic OH excluding ortho intramolecular Hbond substituents is 2. The van der Waals surface area contributed by atoms with E-state index >= 15 is 0 Å². The van der Waals surface area contributed by atoms with Crippen LogP contribution in [0.15, 0.2) is 46.6 Å². The van der Waals surface area contributed by atoms with Crippen molar-refractivity contribution in [1.29, 1.82) is 0 Å². The van der Waals surface area contributed by atoms with Gasteiger partial charge in [0.25, 0.3) is 0 Å². The van der Waals surface area contributed by atoms with E-state index in [-0.39, 0.29) is 28.5 Å². The SMILES string of the molecule is CC1=C(CCC2(C)NCCCO2)C(C)(C)CCC1.CC1=C(CCC2(C)OCCCN2C(=O)/C=C(\C)c2ccc(O)cc2O)C(C)(C)CCC1. The molecule has 3 N–H and O–H groups in total. The minimum absolute atomic E-state index is 0.00684. The first-order chi connectivity index (χ1) is 23.0. The van der Waals surface area contributed by atoms with E-state index in [1.165, 1.54) is 61.8 Å². The third kappa shape index (κ3) is 10.0. The number of benzene rings is 1. The van der Waals surface area contributed by atoms with Crippen molar-refractivity contribution in [3.63, 3.8) is 0 Å². The average Bonchev–Trinajstić information content (AvgIpc) is 3.00. The molecule has 1 aromatic rings. The zero-order valence-electron chi connectivity index (χ0n) is 32.2. The van der Waals surface area contributed by atoms with Gasteiger partial charge in [0.05, 0.1) is 13.2 Å². The maximum Gasteiger partial charge on any atom is 0.249 e. The largest absolute Gasteiger partial charge is 0.508 e. The molecule has 0 radical (unpaired) electrons. The Morgan fingerprint density at radius 3 is 2.00 bits per heavy atom. The molecule has 2 saturated heterocycles. The summed E-state index contributed by atoms with van der Waals surface area (Å²) < 4.78 is 12.1. The molecule has 2 unspecified atom stereocenters. The smallest absolute Gasteiger partial charge is 0.249 e. The van der Waals surface area contributed by atoms with E-state index < -0.39 is 5.72 Å². The molecule has 0 aromatic heterocycles. The van der Waals surface area contributed by atoms with Crippen LogP contribution in [0.4, 0.5) is 0 Å². The molecule has 7 nitrogen and oxygen atoms in total. The predicted octanol–water partition coefficient (Wildman–Crippen LogP) is 9.79. The van der Waals surface area contributed by atoms with Crippen molar-refractivity contribution < 1.29 is 24.5 Å². The van der Waals surface area contributed by atoms with E-state index in [0.29, 0.717) is 29.7 Å².